The normalized spacial score (nSPS) is 13.9. The van der Waals surface area contributed by atoms with Gasteiger partial charge in [-0.2, -0.15) is 0 Å². The van der Waals surface area contributed by atoms with E-state index in [2.05, 4.69) is 16.9 Å². The summed E-state index contributed by atoms with van der Waals surface area (Å²) in [6.07, 6.45) is 4.03. The van der Waals surface area contributed by atoms with Crippen molar-refractivity contribution in [2.45, 2.75) is 24.5 Å². The van der Waals surface area contributed by atoms with Crippen LogP contribution in [0.25, 0.3) is 10.9 Å². The summed E-state index contributed by atoms with van der Waals surface area (Å²) >= 11 is 7.24. The number of fused-ring (bicyclic) bond motifs is 1. The standard InChI is InChI=1S/C17H18ClN3O2S/c1-2-7-21-16(23)13-6-5-12(18)8-14(13)20-17(21)24-10-15(22)19-9-11-3-4-11/h2,5-6,8,11H,1,3-4,7,9-10H2,(H,19,22). The van der Waals surface area contributed by atoms with Crippen LogP contribution in [-0.4, -0.2) is 27.8 Å². The zero-order valence-electron chi connectivity index (χ0n) is 13.1. The molecule has 2 aromatic rings. The molecule has 1 aliphatic rings. The zero-order valence-corrected chi connectivity index (χ0v) is 14.7. The van der Waals surface area contributed by atoms with Crippen molar-refractivity contribution >= 4 is 40.2 Å². The second kappa shape index (κ2) is 7.40. The first-order chi connectivity index (χ1) is 11.6. The third-order valence-electron chi connectivity index (χ3n) is 3.81. The molecule has 1 fully saturated rings. The smallest absolute Gasteiger partial charge is 0.262 e. The van der Waals surface area contributed by atoms with Crippen LogP contribution in [-0.2, 0) is 11.3 Å². The molecule has 24 heavy (non-hydrogen) atoms. The van der Waals surface area contributed by atoms with Gasteiger partial charge in [0.1, 0.15) is 0 Å². The number of carbonyl (C=O) groups is 1. The molecule has 7 heteroatoms. The summed E-state index contributed by atoms with van der Waals surface area (Å²) in [5, 5.41) is 4.43. The molecule has 0 unspecified atom stereocenters. The molecule has 3 rings (SSSR count). The van der Waals surface area contributed by atoms with Crippen molar-refractivity contribution < 1.29 is 4.79 Å². The highest BCUT2D eigenvalue weighted by molar-refractivity contribution is 7.99. The van der Waals surface area contributed by atoms with Crippen molar-refractivity contribution in [1.29, 1.82) is 0 Å². The van der Waals surface area contributed by atoms with E-state index in [0.29, 0.717) is 33.5 Å². The third-order valence-corrected chi connectivity index (χ3v) is 5.02. The maximum atomic E-state index is 12.6. The van der Waals surface area contributed by atoms with Crippen LogP contribution in [0.4, 0.5) is 0 Å². The molecular weight excluding hydrogens is 346 g/mol. The highest BCUT2D eigenvalue weighted by Gasteiger charge is 2.21. The first kappa shape index (κ1) is 17.0. The summed E-state index contributed by atoms with van der Waals surface area (Å²) in [7, 11) is 0. The Balaban J connectivity index is 1.83. The molecule has 1 amide bonds. The van der Waals surface area contributed by atoms with Gasteiger partial charge in [-0.05, 0) is 37.0 Å². The molecule has 1 N–H and O–H groups in total. The monoisotopic (exact) mass is 363 g/mol. The van der Waals surface area contributed by atoms with Crippen molar-refractivity contribution in [2.75, 3.05) is 12.3 Å². The number of amides is 1. The van der Waals surface area contributed by atoms with Crippen LogP contribution >= 0.6 is 23.4 Å². The van der Waals surface area contributed by atoms with E-state index in [-0.39, 0.29) is 17.2 Å². The van der Waals surface area contributed by atoms with Crippen molar-refractivity contribution in [3.8, 4) is 0 Å². The minimum Gasteiger partial charge on any atom is -0.355 e. The second-order valence-corrected chi connectivity index (χ2v) is 7.18. The van der Waals surface area contributed by atoms with E-state index in [9.17, 15) is 9.59 Å². The molecule has 5 nitrogen and oxygen atoms in total. The Morgan fingerprint density at radius 1 is 1.50 bits per heavy atom. The minimum absolute atomic E-state index is 0.0440. The number of hydrogen-bond acceptors (Lipinski definition) is 4. The summed E-state index contributed by atoms with van der Waals surface area (Å²) in [6.45, 7) is 4.77. The van der Waals surface area contributed by atoms with E-state index in [1.165, 1.54) is 29.2 Å². The topological polar surface area (TPSA) is 64.0 Å². The molecular formula is C17H18ClN3O2S. The van der Waals surface area contributed by atoms with Crippen LogP contribution in [0.1, 0.15) is 12.8 Å². The summed E-state index contributed by atoms with van der Waals surface area (Å²) in [6, 6.07) is 5.00. The summed E-state index contributed by atoms with van der Waals surface area (Å²) in [4.78, 5) is 29.1. The SMILES string of the molecule is C=CCn1c(SCC(=O)NCC2CC2)nc2cc(Cl)ccc2c1=O. The fraction of sp³-hybridized carbons (Fsp3) is 0.353. The minimum atomic E-state index is -0.155. The predicted molar refractivity (Wildman–Crippen MR) is 97.7 cm³/mol. The van der Waals surface area contributed by atoms with Gasteiger partial charge in [0, 0.05) is 18.1 Å². The van der Waals surface area contributed by atoms with Crippen LogP contribution in [0.15, 0.2) is 40.8 Å². The number of rotatable bonds is 7. The van der Waals surface area contributed by atoms with E-state index in [0.717, 1.165) is 6.54 Å². The number of hydrogen-bond donors (Lipinski definition) is 1. The third kappa shape index (κ3) is 3.99. The fourth-order valence-corrected chi connectivity index (χ4v) is 3.34. The lowest BCUT2D eigenvalue weighted by Crippen LogP contribution is -2.28. The molecule has 1 aromatic carbocycles. The number of nitrogens with zero attached hydrogens (tertiary/aromatic N) is 2. The first-order valence-electron chi connectivity index (χ1n) is 7.79. The number of benzene rings is 1. The van der Waals surface area contributed by atoms with Gasteiger partial charge in [-0.1, -0.05) is 29.4 Å². The van der Waals surface area contributed by atoms with Gasteiger partial charge in [0.2, 0.25) is 5.91 Å². The number of nitrogens with one attached hydrogen (secondary N) is 1. The molecule has 1 aromatic heterocycles. The lowest BCUT2D eigenvalue weighted by molar-refractivity contribution is -0.118. The van der Waals surface area contributed by atoms with Crippen LogP contribution in [0.5, 0.6) is 0 Å². The van der Waals surface area contributed by atoms with Gasteiger partial charge >= 0.3 is 0 Å². The summed E-state index contributed by atoms with van der Waals surface area (Å²) in [5.41, 5.74) is 0.381. The Labute approximate surface area is 149 Å². The van der Waals surface area contributed by atoms with E-state index in [1.807, 2.05) is 0 Å². The van der Waals surface area contributed by atoms with Gasteiger partial charge in [-0.15, -0.1) is 6.58 Å². The maximum Gasteiger partial charge on any atom is 0.262 e. The molecule has 1 saturated carbocycles. The maximum absolute atomic E-state index is 12.6. The molecule has 0 bridgehead atoms. The van der Waals surface area contributed by atoms with Crippen LogP contribution in [0.2, 0.25) is 5.02 Å². The van der Waals surface area contributed by atoms with E-state index < -0.39 is 0 Å². The summed E-state index contributed by atoms with van der Waals surface area (Å²) < 4.78 is 1.53. The van der Waals surface area contributed by atoms with Crippen LogP contribution in [0, 0.1) is 5.92 Å². The average molecular weight is 364 g/mol. The molecule has 1 heterocycles. The van der Waals surface area contributed by atoms with Gasteiger partial charge < -0.3 is 5.32 Å². The first-order valence-corrected chi connectivity index (χ1v) is 9.15. The number of carbonyl (C=O) groups excluding carboxylic acids is 1. The number of halogens is 1. The Bertz CT molecular complexity index is 846. The average Bonchev–Trinajstić information content (AvgIpc) is 3.38. The van der Waals surface area contributed by atoms with Crippen molar-refractivity contribution in [3.63, 3.8) is 0 Å². The number of allylic oxidation sites excluding steroid dienone is 1. The Morgan fingerprint density at radius 3 is 3.00 bits per heavy atom. The number of aromatic nitrogens is 2. The van der Waals surface area contributed by atoms with E-state index >= 15 is 0 Å². The van der Waals surface area contributed by atoms with Gasteiger partial charge in [0.05, 0.1) is 16.7 Å². The quantitative estimate of drug-likeness (QED) is 0.466. The largest absolute Gasteiger partial charge is 0.355 e. The van der Waals surface area contributed by atoms with Crippen molar-refractivity contribution in [1.82, 2.24) is 14.9 Å². The summed E-state index contributed by atoms with van der Waals surface area (Å²) in [5.74, 6) is 0.818. The van der Waals surface area contributed by atoms with Crippen LogP contribution < -0.4 is 10.9 Å². The zero-order chi connectivity index (χ0) is 17.1. The molecule has 0 atom stereocenters. The number of thioether (sulfide) groups is 1. The van der Waals surface area contributed by atoms with E-state index in [4.69, 9.17) is 11.6 Å². The highest BCUT2D eigenvalue weighted by atomic mass is 35.5. The van der Waals surface area contributed by atoms with Gasteiger partial charge in [0.25, 0.3) is 5.56 Å². The molecule has 0 aliphatic heterocycles. The van der Waals surface area contributed by atoms with Crippen molar-refractivity contribution in [2.24, 2.45) is 5.92 Å². The van der Waals surface area contributed by atoms with Crippen LogP contribution in [0.3, 0.4) is 0 Å². The molecule has 126 valence electrons. The Kier molecular flexibility index (Phi) is 5.26. The Hall–Kier alpha value is -1.79. The second-order valence-electron chi connectivity index (χ2n) is 5.80. The molecule has 0 saturated heterocycles. The van der Waals surface area contributed by atoms with Gasteiger partial charge in [-0.3, -0.25) is 14.2 Å². The molecule has 0 radical (unpaired) electrons. The van der Waals surface area contributed by atoms with Crippen molar-refractivity contribution in [3.05, 3.63) is 46.2 Å². The van der Waals surface area contributed by atoms with Gasteiger partial charge in [-0.25, -0.2) is 4.98 Å². The fourth-order valence-electron chi connectivity index (χ4n) is 2.34. The molecule has 0 spiro atoms. The molecule has 1 aliphatic carbocycles. The lowest BCUT2D eigenvalue weighted by Gasteiger charge is -2.11. The Morgan fingerprint density at radius 2 is 2.29 bits per heavy atom. The lowest BCUT2D eigenvalue weighted by atomic mass is 10.2. The van der Waals surface area contributed by atoms with E-state index in [1.54, 1.807) is 24.3 Å². The predicted octanol–water partition coefficient (Wildman–Crippen LogP) is 2.85. The van der Waals surface area contributed by atoms with Gasteiger partial charge in [0.15, 0.2) is 5.16 Å². The highest BCUT2D eigenvalue weighted by Crippen LogP contribution is 2.27.